The van der Waals surface area contributed by atoms with Crippen molar-refractivity contribution in [3.8, 4) is 0 Å². The van der Waals surface area contributed by atoms with Crippen molar-refractivity contribution in [2.75, 3.05) is 0 Å². The highest BCUT2D eigenvalue weighted by Crippen LogP contribution is 2.18. The molecule has 0 saturated carbocycles. The number of carbonyl (C=O) groups is 1. The Hall–Kier alpha value is -2.14. The largest absolute Gasteiger partial charge is 0.370 e. The van der Waals surface area contributed by atoms with E-state index in [1.807, 2.05) is 34.9 Å². The molecule has 0 aliphatic rings. The maximum Gasteiger partial charge on any atom is 0.219 e. The molecule has 2 aromatic rings. The molecule has 0 aliphatic heterocycles. The Morgan fingerprint density at radius 3 is 2.72 bits per heavy atom. The molecule has 1 unspecified atom stereocenters. The second-order valence-electron chi connectivity index (χ2n) is 4.12. The van der Waals surface area contributed by atoms with E-state index in [2.05, 4.69) is 4.98 Å². The number of rotatable bonds is 5. The summed E-state index contributed by atoms with van der Waals surface area (Å²) in [4.78, 5) is 14.9. The summed E-state index contributed by atoms with van der Waals surface area (Å²) in [6.45, 7) is 0.505. The van der Waals surface area contributed by atoms with Crippen molar-refractivity contribution in [2.24, 2.45) is 11.5 Å². The number of imidazole rings is 1. The van der Waals surface area contributed by atoms with E-state index in [1.165, 1.54) is 0 Å². The molecular formula is C13H16N4O. The van der Waals surface area contributed by atoms with Crippen LogP contribution in [0.5, 0.6) is 0 Å². The molecule has 0 bridgehead atoms. The maximum atomic E-state index is 10.8. The monoisotopic (exact) mass is 244 g/mol. The van der Waals surface area contributed by atoms with Gasteiger partial charge >= 0.3 is 0 Å². The van der Waals surface area contributed by atoms with Crippen LogP contribution in [-0.2, 0) is 11.3 Å². The number of aromatic nitrogens is 2. The van der Waals surface area contributed by atoms with E-state index >= 15 is 0 Å². The predicted molar refractivity (Wildman–Crippen MR) is 68.5 cm³/mol. The van der Waals surface area contributed by atoms with Crippen molar-refractivity contribution >= 4 is 5.91 Å². The van der Waals surface area contributed by atoms with Gasteiger partial charge in [0.25, 0.3) is 0 Å². The number of benzene rings is 1. The molecule has 1 amide bonds. The minimum absolute atomic E-state index is 0.249. The highest BCUT2D eigenvalue weighted by atomic mass is 16.1. The lowest BCUT2D eigenvalue weighted by Crippen LogP contribution is -2.19. The zero-order valence-electron chi connectivity index (χ0n) is 9.99. The first kappa shape index (κ1) is 12.3. The SMILES string of the molecule is NC(=O)CCn1cncc1C(N)c1ccccc1. The fraction of sp³-hybridized carbons (Fsp3) is 0.231. The van der Waals surface area contributed by atoms with Crippen molar-refractivity contribution in [1.29, 1.82) is 0 Å². The lowest BCUT2D eigenvalue weighted by Gasteiger charge is -2.14. The summed E-state index contributed by atoms with van der Waals surface area (Å²) >= 11 is 0. The Kier molecular flexibility index (Phi) is 3.74. The quantitative estimate of drug-likeness (QED) is 0.815. The van der Waals surface area contributed by atoms with Gasteiger partial charge in [-0.1, -0.05) is 30.3 Å². The Bertz CT molecular complexity index is 521. The van der Waals surface area contributed by atoms with Gasteiger partial charge in [-0.25, -0.2) is 4.98 Å². The van der Waals surface area contributed by atoms with Crippen molar-refractivity contribution in [1.82, 2.24) is 9.55 Å². The number of hydrogen-bond acceptors (Lipinski definition) is 3. The lowest BCUT2D eigenvalue weighted by atomic mass is 10.1. The summed E-state index contributed by atoms with van der Waals surface area (Å²) in [5.41, 5.74) is 13.2. The van der Waals surface area contributed by atoms with Crippen molar-refractivity contribution in [2.45, 2.75) is 19.0 Å². The van der Waals surface area contributed by atoms with Crippen molar-refractivity contribution < 1.29 is 4.79 Å². The first-order chi connectivity index (χ1) is 8.68. The fourth-order valence-electron chi connectivity index (χ4n) is 1.84. The molecule has 18 heavy (non-hydrogen) atoms. The third-order valence-corrected chi connectivity index (χ3v) is 2.82. The van der Waals surface area contributed by atoms with E-state index in [0.29, 0.717) is 6.54 Å². The van der Waals surface area contributed by atoms with Gasteiger partial charge in [0.1, 0.15) is 0 Å². The molecule has 5 nitrogen and oxygen atoms in total. The van der Waals surface area contributed by atoms with Crippen LogP contribution in [0.15, 0.2) is 42.9 Å². The molecule has 1 heterocycles. The summed E-state index contributed by atoms with van der Waals surface area (Å²) in [6, 6.07) is 9.52. The van der Waals surface area contributed by atoms with Gasteiger partial charge in [-0.2, -0.15) is 0 Å². The molecule has 0 saturated heterocycles. The minimum Gasteiger partial charge on any atom is -0.370 e. The summed E-state index contributed by atoms with van der Waals surface area (Å²) < 4.78 is 1.86. The average Bonchev–Trinajstić information content (AvgIpc) is 2.85. The summed E-state index contributed by atoms with van der Waals surface area (Å²) in [7, 11) is 0. The van der Waals surface area contributed by atoms with Crippen LogP contribution < -0.4 is 11.5 Å². The van der Waals surface area contributed by atoms with Gasteiger partial charge < -0.3 is 16.0 Å². The second kappa shape index (κ2) is 5.46. The molecule has 1 atom stereocenters. The molecular weight excluding hydrogens is 228 g/mol. The number of aryl methyl sites for hydroxylation is 1. The van der Waals surface area contributed by atoms with Crippen LogP contribution in [-0.4, -0.2) is 15.5 Å². The summed E-state index contributed by atoms with van der Waals surface area (Å²) in [5, 5.41) is 0. The molecule has 0 radical (unpaired) electrons. The number of amides is 1. The van der Waals surface area contributed by atoms with Crippen LogP contribution in [0.1, 0.15) is 23.7 Å². The zero-order chi connectivity index (χ0) is 13.0. The Morgan fingerprint density at radius 2 is 2.06 bits per heavy atom. The highest BCUT2D eigenvalue weighted by Gasteiger charge is 2.13. The number of nitrogens with zero attached hydrogens (tertiary/aromatic N) is 2. The highest BCUT2D eigenvalue weighted by molar-refractivity contribution is 5.73. The lowest BCUT2D eigenvalue weighted by molar-refractivity contribution is -0.118. The maximum absolute atomic E-state index is 10.8. The number of hydrogen-bond donors (Lipinski definition) is 2. The third-order valence-electron chi connectivity index (χ3n) is 2.82. The number of nitrogens with two attached hydrogens (primary N) is 2. The van der Waals surface area contributed by atoms with Crippen LogP contribution >= 0.6 is 0 Å². The van der Waals surface area contributed by atoms with Gasteiger partial charge in [0.2, 0.25) is 5.91 Å². The minimum atomic E-state index is -0.331. The van der Waals surface area contributed by atoms with Crippen LogP contribution in [0.2, 0.25) is 0 Å². The van der Waals surface area contributed by atoms with E-state index in [0.717, 1.165) is 11.3 Å². The van der Waals surface area contributed by atoms with Gasteiger partial charge in [-0.3, -0.25) is 4.79 Å². The van der Waals surface area contributed by atoms with E-state index in [-0.39, 0.29) is 18.4 Å². The summed E-state index contributed by atoms with van der Waals surface area (Å²) in [6.07, 6.45) is 3.67. The fourth-order valence-corrected chi connectivity index (χ4v) is 1.84. The van der Waals surface area contributed by atoms with Crippen molar-refractivity contribution in [3.05, 3.63) is 54.1 Å². The Balaban J connectivity index is 2.18. The van der Waals surface area contributed by atoms with E-state index in [4.69, 9.17) is 11.5 Å². The number of carbonyl (C=O) groups excluding carboxylic acids is 1. The van der Waals surface area contributed by atoms with Crippen LogP contribution in [0.25, 0.3) is 0 Å². The predicted octanol–water partition coefficient (Wildman–Crippen LogP) is 0.807. The third kappa shape index (κ3) is 2.75. The Labute approximate surface area is 105 Å². The molecule has 5 heteroatoms. The van der Waals surface area contributed by atoms with E-state index < -0.39 is 0 Å². The molecule has 1 aromatic heterocycles. The molecule has 4 N–H and O–H groups in total. The number of primary amides is 1. The average molecular weight is 244 g/mol. The van der Waals surface area contributed by atoms with Crippen molar-refractivity contribution in [3.63, 3.8) is 0 Å². The standard InChI is InChI=1S/C13H16N4O/c14-12(18)6-7-17-9-16-8-11(17)13(15)10-4-2-1-3-5-10/h1-5,8-9,13H,6-7,15H2,(H2,14,18). The molecule has 94 valence electrons. The molecule has 1 aromatic carbocycles. The van der Waals surface area contributed by atoms with Crippen LogP contribution in [0, 0.1) is 0 Å². The van der Waals surface area contributed by atoms with Gasteiger partial charge in [0, 0.05) is 13.0 Å². The molecule has 0 spiro atoms. The van der Waals surface area contributed by atoms with Gasteiger partial charge in [0.15, 0.2) is 0 Å². The molecule has 0 aliphatic carbocycles. The Morgan fingerprint density at radius 1 is 1.33 bits per heavy atom. The smallest absolute Gasteiger partial charge is 0.219 e. The first-order valence-electron chi connectivity index (χ1n) is 5.77. The molecule has 2 rings (SSSR count). The molecule has 0 fully saturated rings. The normalized spacial score (nSPS) is 12.3. The van der Waals surface area contributed by atoms with E-state index in [9.17, 15) is 4.79 Å². The van der Waals surface area contributed by atoms with Crippen LogP contribution in [0.3, 0.4) is 0 Å². The van der Waals surface area contributed by atoms with Gasteiger partial charge in [-0.05, 0) is 5.56 Å². The summed E-state index contributed by atoms with van der Waals surface area (Å²) in [5.74, 6) is -0.331. The zero-order valence-corrected chi connectivity index (χ0v) is 9.99. The first-order valence-corrected chi connectivity index (χ1v) is 5.77. The van der Waals surface area contributed by atoms with Crippen LogP contribution in [0.4, 0.5) is 0 Å². The second-order valence-corrected chi connectivity index (χ2v) is 4.12. The van der Waals surface area contributed by atoms with Gasteiger partial charge in [-0.15, -0.1) is 0 Å². The topological polar surface area (TPSA) is 86.9 Å². The van der Waals surface area contributed by atoms with E-state index in [1.54, 1.807) is 12.5 Å². The van der Waals surface area contributed by atoms with Gasteiger partial charge in [0.05, 0.1) is 24.3 Å².